The highest BCUT2D eigenvalue weighted by Crippen LogP contribution is 2.33. The second-order valence-electron chi connectivity index (χ2n) is 7.53. The summed E-state index contributed by atoms with van der Waals surface area (Å²) < 4.78 is 11.0. The normalized spacial score (nSPS) is 16.1. The van der Waals surface area contributed by atoms with Crippen molar-refractivity contribution in [3.63, 3.8) is 0 Å². The zero-order chi connectivity index (χ0) is 22.1. The van der Waals surface area contributed by atoms with Gasteiger partial charge in [-0.15, -0.1) is 0 Å². The number of pyridine rings is 2. The van der Waals surface area contributed by atoms with Gasteiger partial charge < -0.3 is 14.8 Å². The van der Waals surface area contributed by atoms with Gasteiger partial charge in [0.2, 0.25) is 0 Å². The largest absolute Gasteiger partial charge is 0.446 e. The molecule has 1 fully saturated rings. The molecule has 0 saturated carbocycles. The van der Waals surface area contributed by atoms with Crippen molar-refractivity contribution in [1.82, 2.24) is 20.3 Å². The lowest BCUT2D eigenvalue weighted by molar-refractivity contribution is 0.00393. The van der Waals surface area contributed by atoms with Crippen molar-refractivity contribution in [3.8, 4) is 11.3 Å². The second kappa shape index (κ2) is 8.67. The van der Waals surface area contributed by atoms with Gasteiger partial charge in [-0.05, 0) is 18.2 Å². The van der Waals surface area contributed by atoms with Crippen LogP contribution in [0, 0.1) is 0 Å². The Morgan fingerprint density at radius 1 is 1.25 bits per heavy atom. The Balaban J connectivity index is 1.38. The number of aromatic nitrogens is 3. The number of carbonyl (C=O) groups excluding carboxylic acids is 2. The lowest BCUT2D eigenvalue weighted by Gasteiger charge is -2.25. The molecule has 0 unspecified atom stereocenters. The molecule has 0 aliphatic carbocycles. The van der Waals surface area contributed by atoms with Crippen LogP contribution in [0.15, 0.2) is 24.4 Å². The zero-order valence-corrected chi connectivity index (χ0v) is 18.3. The first-order valence-electron chi connectivity index (χ1n) is 10.4. The number of carbonyl (C=O) groups is 2. The highest BCUT2D eigenvalue weighted by atomic mass is 32.1. The van der Waals surface area contributed by atoms with Gasteiger partial charge in [0.1, 0.15) is 16.5 Å². The van der Waals surface area contributed by atoms with E-state index in [1.165, 1.54) is 11.3 Å². The van der Waals surface area contributed by atoms with E-state index in [4.69, 9.17) is 9.47 Å². The molecule has 5 rings (SSSR count). The highest BCUT2D eigenvalue weighted by molar-refractivity contribution is 7.21. The monoisotopic (exact) mass is 454 g/mol. The average Bonchev–Trinajstić information content (AvgIpc) is 3.42. The maximum absolute atomic E-state index is 12.8. The number of nitrogens with one attached hydrogen (secondary N) is 2. The number of hydrogen-bond acceptors (Lipinski definition) is 8. The fourth-order valence-corrected chi connectivity index (χ4v) is 4.60. The minimum atomic E-state index is -0.342. The van der Waals surface area contributed by atoms with Crippen molar-refractivity contribution in [1.29, 1.82) is 0 Å². The smallest absolute Gasteiger partial charge is 0.414 e. The summed E-state index contributed by atoms with van der Waals surface area (Å²) in [6, 6.07) is 5.31. The third kappa shape index (κ3) is 4.08. The van der Waals surface area contributed by atoms with Crippen LogP contribution in [0.5, 0.6) is 0 Å². The molecule has 2 aliphatic rings. The van der Waals surface area contributed by atoms with Crippen LogP contribution in [0.2, 0.25) is 0 Å². The van der Waals surface area contributed by atoms with Crippen LogP contribution >= 0.6 is 11.3 Å². The van der Waals surface area contributed by atoms with E-state index < -0.39 is 0 Å². The van der Waals surface area contributed by atoms with Gasteiger partial charge in [0.25, 0.3) is 0 Å². The van der Waals surface area contributed by atoms with Gasteiger partial charge in [-0.25, -0.2) is 19.6 Å². The number of urea groups is 1. The Bertz CT molecular complexity index is 1180. The van der Waals surface area contributed by atoms with Crippen LogP contribution in [0.4, 0.5) is 20.4 Å². The van der Waals surface area contributed by atoms with Crippen LogP contribution in [-0.4, -0.2) is 60.0 Å². The molecule has 0 aromatic carbocycles. The maximum atomic E-state index is 12.8. The molecule has 2 N–H and O–H groups in total. The van der Waals surface area contributed by atoms with Crippen molar-refractivity contribution in [3.05, 3.63) is 30.1 Å². The molecule has 0 bridgehead atoms. The number of anilines is 2. The van der Waals surface area contributed by atoms with Gasteiger partial charge in [0.15, 0.2) is 5.13 Å². The summed E-state index contributed by atoms with van der Waals surface area (Å²) in [7, 11) is 1.54. The van der Waals surface area contributed by atoms with Crippen molar-refractivity contribution >= 4 is 44.6 Å². The third-order valence-corrected chi connectivity index (χ3v) is 6.35. The molecule has 5 heterocycles. The summed E-state index contributed by atoms with van der Waals surface area (Å²) in [5, 5.41) is 5.63. The van der Waals surface area contributed by atoms with E-state index in [-0.39, 0.29) is 18.2 Å². The maximum Gasteiger partial charge on any atom is 0.414 e. The lowest BCUT2D eigenvalue weighted by atomic mass is 10.1. The molecule has 1 saturated heterocycles. The molecule has 2 aliphatic heterocycles. The van der Waals surface area contributed by atoms with Crippen molar-refractivity contribution in [2.24, 2.45) is 0 Å². The molecule has 11 heteroatoms. The molecule has 0 atom stereocenters. The average molecular weight is 455 g/mol. The molecule has 10 nitrogen and oxygen atoms in total. The molecule has 0 radical (unpaired) electrons. The van der Waals surface area contributed by atoms with Crippen LogP contribution in [-0.2, 0) is 15.9 Å². The topological polar surface area (TPSA) is 119 Å². The van der Waals surface area contributed by atoms with Crippen LogP contribution in [0.25, 0.3) is 21.6 Å². The van der Waals surface area contributed by atoms with E-state index >= 15 is 0 Å². The van der Waals surface area contributed by atoms with Crippen molar-refractivity contribution in [2.45, 2.75) is 25.4 Å². The lowest BCUT2D eigenvalue weighted by Crippen LogP contribution is -2.35. The quantitative estimate of drug-likeness (QED) is 0.624. The molecule has 3 amide bonds. The van der Waals surface area contributed by atoms with Gasteiger partial charge in [0.05, 0.1) is 30.3 Å². The number of fused-ring (bicyclic) bond motifs is 2. The predicted molar refractivity (Wildman–Crippen MR) is 120 cm³/mol. The first-order valence-corrected chi connectivity index (χ1v) is 11.2. The molecular weight excluding hydrogens is 432 g/mol. The summed E-state index contributed by atoms with van der Waals surface area (Å²) in [6.07, 6.45) is 3.45. The second-order valence-corrected chi connectivity index (χ2v) is 8.51. The Hall–Kier alpha value is -3.31. The summed E-state index contributed by atoms with van der Waals surface area (Å²) >= 11 is 1.29. The first-order chi connectivity index (χ1) is 15.6. The predicted octanol–water partition coefficient (Wildman–Crippen LogP) is 3.18. The summed E-state index contributed by atoms with van der Waals surface area (Å²) in [4.78, 5) is 40.3. The highest BCUT2D eigenvalue weighted by Gasteiger charge is 2.30. The number of thiazole rings is 1. The summed E-state index contributed by atoms with van der Waals surface area (Å²) in [5.41, 5.74) is 3.83. The fraction of sp³-hybridized carbons (Fsp3) is 0.381. The van der Waals surface area contributed by atoms with E-state index in [0.717, 1.165) is 29.8 Å². The summed E-state index contributed by atoms with van der Waals surface area (Å²) in [5.74, 6) is 0. The molecular formula is C21H22N6O4S. The van der Waals surface area contributed by atoms with Gasteiger partial charge in [-0.1, -0.05) is 11.3 Å². The van der Waals surface area contributed by atoms with Crippen LogP contribution in [0.3, 0.4) is 0 Å². The van der Waals surface area contributed by atoms with E-state index in [1.807, 2.05) is 18.2 Å². The van der Waals surface area contributed by atoms with Crippen molar-refractivity contribution < 1.29 is 19.1 Å². The van der Waals surface area contributed by atoms with Crippen molar-refractivity contribution in [2.75, 3.05) is 37.0 Å². The standard InChI is InChI=1S/C21H22N6O4S/c1-22-19(28)26-20-25-16-3-2-14(24-18(16)32-20)12-10-17-15(23-11-12)4-7-27(17)21(29)31-13-5-8-30-9-6-13/h2-3,10-11,13H,4-9H2,1H3,(H2,22,25,26,28). The molecule has 3 aromatic heterocycles. The third-order valence-electron chi connectivity index (χ3n) is 5.47. The molecule has 0 spiro atoms. The molecule has 166 valence electrons. The van der Waals surface area contributed by atoms with Crippen LogP contribution < -0.4 is 15.5 Å². The minimum Gasteiger partial charge on any atom is -0.446 e. The van der Waals surface area contributed by atoms with E-state index in [9.17, 15) is 9.59 Å². The number of hydrogen-bond donors (Lipinski definition) is 2. The fourth-order valence-electron chi connectivity index (χ4n) is 3.77. The minimum absolute atomic E-state index is 0.107. The molecule has 32 heavy (non-hydrogen) atoms. The van der Waals surface area contributed by atoms with Gasteiger partial charge in [0, 0.05) is 44.6 Å². The number of rotatable bonds is 3. The van der Waals surface area contributed by atoms with Gasteiger partial charge >= 0.3 is 12.1 Å². The Morgan fingerprint density at radius 3 is 2.91 bits per heavy atom. The Morgan fingerprint density at radius 2 is 2.09 bits per heavy atom. The number of nitrogens with zero attached hydrogens (tertiary/aromatic N) is 4. The zero-order valence-electron chi connectivity index (χ0n) is 17.5. The first kappa shape index (κ1) is 20.6. The van der Waals surface area contributed by atoms with Gasteiger partial charge in [-0.2, -0.15) is 0 Å². The number of ether oxygens (including phenoxy) is 2. The Labute approximate surface area is 188 Å². The van der Waals surface area contributed by atoms with Crippen LogP contribution in [0.1, 0.15) is 18.5 Å². The SMILES string of the molecule is CNC(=O)Nc1nc2ccc(-c3cnc4c(c3)N(C(=O)OC3CCOCC3)CC4)nc2s1. The summed E-state index contributed by atoms with van der Waals surface area (Å²) in [6.45, 7) is 1.78. The molecule has 3 aromatic rings. The van der Waals surface area contributed by atoms with E-state index in [0.29, 0.717) is 47.4 Å². The van der Waals surface area contributed by atoms with E-state index in [1.54, 1.807) is 18.1 Å². The van der Waals surface area contributed by atoms with E-state index in [2.05, 4.69) is 25.6 Å². The van der Waals surface area contributed by atoms with Gasteiger partial charge in [-0.3, -0.25) is 15.2 Å². The number of amides is 3. The Kier molecular flexibility index (Phi) is 5.58.